The first-order chi connectivity index (χ1) is 15.9. The van der Waals surface area contributed by atoms with Crippen LogP contribution in [0.15, 0.2) is 82.8 Å². The van der Waals surface area contributed by atoms with E-state index in [4.69, 9.17) is 16.3 Å². The lowest BCUT2D eigenvalue weighted by Gasteiger charge is -2.11. The number of thioether (sulfide) groups is 1. The summed E-state index contributed by atoms with van der Waals surface area (Å²) in [5, 5.41) is 3.48. The number of para-hydroxylation sites is 3. The van der Waals surface area contributed by atoms with Crippen molar-refractivity contribution in [2.45, 2.75) is 16.6 Å². The second kappa shape index (κ2) is 9.86. The van der Waals surface area contributed by atoms with Gasteiger partial charge in [0.1, 0.15) is 5.75 Å². The summed E-state index contributed by atoms with van der Waals surface area (Å²) < 4.78 is 33.3. The highest BCUT2D eigenvalue weighted by Gasteiger charge is 2.25. The fourth-order valence-corrected chi connectivity index (χ4v) is 5.91. The normalized spacial score (nSPS) is 11.5. The maximum atomic E-state index is 13.4. The molecule has 3 aromatic carbocycles. The van der Waals surface area contributed by atoms with Crippen molar-refractivity contribution in [1.29, 1.82) is 0 Å². The fraction of sp³-hybridized carbons (Fsp3) is 0.130. The molecule has 4 aromatic rings. The van der Waals surface area contributed by atoms with Gasteiger partial charge in [0.2, 0.25) is 5.91 Å². The molecule has 1 aromatic heterocycles. The van der Waals surface area contributed by atoms with E-state index in [0.717, 1.165) is 17.3 Å². The molecule has 0 radical (unpaired) electrons. The van der Waals surface area contributed by atoms with Gasteiger partial charge in [-0.25, -0.2) is 17.4 Å². The monoisotopic (exact) mass is 501 g/mol. The number of imidazole rings is 1. The number of amides is 1. The number of halogens is 1. The van der Waals surface area contributed by atoms with Gasteiger partial charge < -0.3 is 10.1 Å². The Hall–Kier alpha value is -3.01. The third-order valence-corrected chi connectivity index (χ3v) is 7.87. The van der Waals surface area contributed by atoms with Crippen molar-refractivity contribution in [3.63, 3.8) is 0 Å². The van der Waals surface area contributed by atoms with Crippen molar-refractivity contribution >= 4 is 50.3 Å². The topological polar surface area (TPSA) is 90.3 Å². The Balaban J connectivity index is 1.57. The number of nitrogens with one attached hydrogen (secondary N) is 1. The van der Waals surface area contributed by atoms with Gasteiger partial charge in [-0.15, -0.1) is 0 Å². The number of fused-ring (bicyclic) bond motifs is 1. The van der Waals surface area contributed by atoms with Crippen LogP contribution in [-0.4, -0.2) is 36.1 Å². The van der Waals surface area contributed by atoms with Crippen LogP contribution in [0.1, 0.15) is 5.56 Å². The summed E-state index contributed by atoms with van der Waals surface area (Å²) in [5.41, 5.74) is 1.80. The van der Waals surface area contributed by atoms with Gasteiger partial charge in [-0.05, 0) is 42.5 Å². The zero-order valence-corrected chi connectivity index (χ0v) is 20.0. The quantitative estimate of drug-likeness (QED) is 0.361. The molecular formula is C23H20ClN3O4S2. The van der Waals surface area contributed by atoms with E-state index < -0.39 is 10.0 Å². The van der Waals surface area contributed by atoms with Gasteiger partial charge in [-0.3, -0.25) is 4.79 Å². The third kappa shape index (κ3) is 5.00. The minimum Gasteiger partial charge on any atom is -0.496 e. The number of benzene rings is 3. The lowest BCUT2D eigenvalue weighted by atomic mass is 10.2. The Labute approximate surface area is 200 Å². The van der Waals surface area contributed by atoms with Crippen LogP contribution in [-0.2, 0) is 21.4 Å². The highest BCUT2D eigenvalue weighted by Crippen LogP contribution is 2.29. The van der Waals surface area contributed by atoms with Crippen LogP contribution in [0.4, 0.5) is 0 Å². The first-order valence-electron chi connectivity index (χ1n) is 9.90. The van der Waals surface area contributed by atoms with E-state index in [1.165, 1.54) is 28.2 Å². The van der Waals surface area contributed by atoms with E-state index in [1.54, 1.807) is 31.4 Å². The smallest absolute Gasteiger partial charge is 0.270 e. The number of rotatable bonds is 8. The van der Waals surface area contributed by atoms with Gasteiger partial charge in [0.05, 0.1) is 28.8 Å². The SMILES string of the molecule is COc1ccccc1CNC(=O)CSc1nc2ccccc2n1S(=O)(=O)c1ccc(Cl)cc1. The number of hydrogen-bond donors (Lipinski definition) is 1. The summed E-state index contributed by atoms with van der Waals surface area (Å²) in [6.45, 7) is 0.295. The summed E-state index contributed by atoms with van der Waals surface area (Å²) in [6, 6.07) is 20.3. The van der Waals surface area contributed by atoms with E-state index in [2.05, 4.69) is 10.3 Å². The lowest BCUT2D eigenvalue weighted by Crippen LogP contribution is -2.25. The molecule has 0 fully saturated rings. The first kappa shape index (κ1) is 23.2. The first-order valence-corrected chi connectivity index (χ1v) is 12.7. The largest absolute Gasteiger partial charge is 0.496 e. The van der Waals surface area contributed by atoms with Crippen LogP contribution >= 0.6 is 23.4 Å². The Morgan fingerprint density at radius 1 is 1.06 bits per heavy atom. The third-order valence-electron chi connectivity index (χ3n) is 4.84. The molecule has 33 heavy (non-hydrogen) atoms. The van der Waals surface area contributed by atoms with E-state index in [1.807, 2.05) is 24.3 Å². The highest BCUT2D eigenvalue weighted by molar-refractivity contribution is 8.00. The van der Waals surface area contributed by atoms with E-state index >= 15 is 0 Å². The minimum atomic E-state index is -3.96. The summed E-state index contributed by atoms with van der Waals surface area (Å²) >= 11 is 6.97. The number of methoxy groups -OCH3 is 1. The molecule has 1 amide bonds. The minimum absolute atomic E-state index is 0.00535. The Bertz CT molecular complexity index is 1400. The van der Waals surface area contributed by atoms with Crippen LogP contribution in [0.5, 0.6) is 5.75 Å². The number of carbonyl (C=O) groups is 1. The van der Waals surface area contributed by atoms with Crippen LogP contribution < -0.4 is 10.1 Å². The molecule has 0 spiro atoms. The highest BCUT2D eigenvalue weighted by atomic mass is 35.5. The van der Waals surface area contributed by atoms with Gasteiger partial charge in [-0.1, -0.05) is 53.7 Å². The molecule has 1 heterocycles. The molecule has 0 saturated carbocycles. The average Bonchev–Trinajstić information content (AvgIpc) is 3.21. The molecule has 0 unspecified atom stereocenters. The van der Waals surface area contributed by atoms with Gasteiger partial charge in [0.15, 0.2) is 5.16 Å². The molecule has 0 saturated heterocycles. The number of nitrogens with zero attached hydrogens (tertiary/aromatic N) is 2. The molecular weight excluding hydrogens is 482 g/mol. The molecule has 0 atom stereocenters. The molecule has 0 bridgehead atoms. The van der Waals surface area contributed by atoms with Crippen molar-refractivity contribution < 1.29 is 17.9 Å². The van der Waals surface area contributed by atoms with E-state index in [9.17, 15) is 13.2 Å². The molecule has 1 N–H and O–H groups in total. The van der Waals surface area contributed by atoms with Crippen LogP contribution in [0, 0.1) is 0 Å². The lowest BCUT2D eigenvalue weighted by molar-refractivity contribution is -0.118. The predicted molar refractivity (Wildman–Crippen MR) is 129 cm³/mol. The predicted octanol–water partition coefficient (Wildman–Crippen LogP) is 4.34. The maximum Gasteiger partial charge on any atom is 0.270 e. The summed E-state index contributed by atoms with van der Waals surface area (Å²) in [4.78, 5) is 17.0. The van der Waals surface area contributed by atoms with Crippen molar-refractivity contribution in [3.05, 3.63) is 83.4 Å². The second-order valence-electron chi connectivity index (χ2n) is 6.98. The summed E-state index contributed by atoms with van der Waals surface area (Å²) in [5.74, 6) is 0.420. The number of ether oxygens (including phenoxy) is 1. The number of hydrogen-bond acceptors (Lipinski definition) is 6. The van der Waals surface area contributed by atoms with Gasteiger partial charge >= 0.3 is 0 Å². The average molecular weight is 502 g/mol. The Kier molecular flexibility index (Phi) is 6.92. The van der Waals surface area contributed by atoms with Crippen molar-refractivity contribution in [3.8, 4) is 5.75 Å². The van der Waals surface area contributed by atoms with Crippen LogP contribution in [0.3, 0.4) is 0 Å². The van der Waals surface area contributed by atoms with Gasteiger partial charge in [0.25, 0.3) is 10.0 Å². The van der Waals surface area contributed by atoms with Crippen molar-refractivity contribution in [2.75, 3.05) is 12.9 Å². The second-order valence-corrected chi connectivity index (χ2v) is 10.1. The van der Waals surface area contributed by atoms with Gasteiger partial charge in [-0.2, -0.15) is 0 Å². The molecule has 7 nitrogen and oxygen atoms in total. The Morgan fingerprint density at radius 3 is 2.52 bits per heavy atom. The summed E-state index contributed by atoms with van der Waals surface area (Å²) in [6.07, 6.45) is 0. The van der Waals surface area contributed by atoms with Gasteiger partial charge in [0, 0.05) is 17.1 Å². The van der Waals surface area contributed by atoms with Crippen molar-refractivity contribution in [2.24, 2.45) is 0 Å². The van der Waals surface area contributed by atoms with E-state index in [0.29, 0.717) is 28.4 Å². The molecule has 10 heteroatoms. The maximum absolute atomic E-state index is 13.4. The Morgan fingerprint density at radius 2 is 1.76 bits per heavy atom. The van der Waals surface area contributed by atoms with Crippen LogP contribution in [0.2, 0.25) is 5.02 Å². The zero-order valence-electron chi connectivity index (χ0n) is 17.6. The number of aromatic nitrogens is 2. The molecule has 0 aliphatic carbocycles. The van der Waals surface area contributed by atoms with Crippen LogP contribution in [0.25, 0.3) is 11.0 Å². The molecule has 170 valence electrons. The molecule has 0 aliphatic rings. The van der Waals surface area contributed by atoms with E-state index in [-0.39, 0.29) is 21.7 Å². The fourth-order valence-electron chi connectivity index (χ4n) is 3.24. The summed E-state index contributed by atoms with van der Waals surface area (Å²) in [7, 11) is -2.38. The number of carbonyl (C=O) groups excluding carboxylic acids is 1. The molecule has 4 rings (SSSR count). The zero-order chi connectivity index (χ0) is 23.4. The molecule has 0 aliphatic heterocycles. The van der Waals surface area contributed by atoms with Crippen molar-refractivity contribution in [1.82, 2.24) is 14.3 Å². The standard InChI is InChI=1S/C23H20ClN3O4S2/c1-31-21-9-5-2-6-16(21)14-25-22(28)15-32-23-26-19-7-3-4-8-20(19)27(23)33(29,30)18-12-10-17(24)11-13-18/h2-13H,14-15H2,1H3,(H,25,28).